The Balaban J connectivity index is 1.54. The molecule has 0 unspecified atom stereocenters. The van der Waals surface area contributed by atoms with Crippen LogP contribution in [0, 0.1) is 12.8 Å². The summed E-state index contributed by atoms with van der Waals surface area (Å²) in [5.74, 6) is -0.640. The number of nitrogens with zero attached hydrogens (tertiary/aromatic N) is 2. The van der Waals surface area contributed by atoms with E-state index in [4.69, 9.17) is 23.2 Å². The fraction of sp³-hybridized carbons (Fsp3) is 0.292. The fourth-order valence-electron chi connectivity index (χ4n) is 3.84. The zero-order valence-electron chi connectivity index (χ0n) is 17.8. The SMILES string of the molecule is Cc1ccc(N2C(=O)C(Cl)=C(Nc3cccc(C(=O)N4CCC(C)CC4)c3)C2=O)cc1Cl. The molecule has 4 rings (SSSR count). The van der Waals surface area contributed by atoms with Gasteiger partial charge in [0.2, 0.25) is 0 Å². The number of carbonyl (C=O) groups excluding carboxylic acids is 3. The van der Waals surface area contributed by atoms with Gasteiger partial charge in [-0.25, -0.2) is 4.90 Å². The van der Waals surface area contributed by atoms with Crippen LogP contribution in [-0.2, 0) is 9.59 Å². The van der Waals surface area contributed by atoms with Gasteiger partial charge < -0.3 is 10.2 Å². The molecule has 2 aliphatic heterocycles. The topological polar surface area (TPSA) is 69.7 Å². The van der Waals surface area contributed by atoms with Crippen molar-refractivity contribution in [2.45, 2.75) is 26.7 Å². The van der Waals surface area contributed by atoms with Crippen LogP contribution in [0.4, 0.5) is 11.4 Å². The molecule has 0 aromatic heterocycles. The van der Waals surface area contributed by atoms with Crippen LogP contribution < -0.4 is 10.2 Å². The van der Waals surface area contributed by atoms with Crippen molar-refractivity contribution in [3.05, 3.63) is 69.3 Å². The van der Waals surface area contributed by atoms with Gasteiger partial charge in [0.15, 0.2) is 0 Å². The molecule has 3 amide bonds. The van der Waals surface area contributed by atoms with Crippen LogP contribution in [0.3, 0.4) is 0 Å². The highest BCUT2D eigenvalue weighted by Crippen LogP contribution is 2.32. The summed E-state index contributed by atoms with van der Waals surface area (Å²) in [5, 5.41) is 3.16. The van der Waals surface area contributed by atoms with Crippen LogP contribution in [0.2, 0.25) is 5.02 Å². The molecule has 1 N–H and O–H groups in total. The summed E-state index contributed by atoms with van der Waals surface area (Å²) in [6.45, 7) is 5.49. The van der Waals surface area contributed by atoms with Crippen molar-refractivity contribution < 1.29 is 14.4 Å². The number of benzene rings is 2. The molecular weight excluding hydrogens is 449 g/mol. The average Bonchev–Trinajstić information content (AvgIpc) is 2.99. The minimum Gasteiger partial charge on any atom is -0.350 e. The first-order chi connectivity index (χ1) is 15.3. The van der Waals surface area contributed by atoms with Gasteiger partial charge in [0, 0.05) is 29.4 Å². The Bertz CT molecular complexity index is 1140. The van der Waals surface area contributed by atoms with Gasteiger partial charge in [-0.05, 0) is 61.6 Å². The number of aryl methyl sites for hydroxylation is 1. The lowest BCUT2D eigenvalue weighted by molar-refractivity contribution is -0.120. The van der Waals surface area contributed by atoms with E-state index in [1.807, 2.05) is 11.8 Å². The lowest BCUT2D eigenvalue weighted by Gasteiger charge is -2.30. The number of amides is 3. The van der Waals surface area contributed by atoms with Crippen molar-refractivity contribution in [3.63, 3.8) is 0 Å². The number of imide groups is 1. The number of nitrogens with one attached hydrogen (secondary N) is 1. The number of anilines is 2. The molecule has 1 saturated heterocycles. The quantitative estimate of drug-likeness (QED) is 0.639. The molecular formula is C24H23Cl2N3O3. The molecule has 166 valence electrons. The smallest absolute Gasteiger partial charge is 0.283 e. The molecule has 32 heavy (non-hydrogen) atoms. The van der Waals surface area contributed by atoms with Gasteiger partial charge in [0.25, 0.3) is 17.7 Å². The summed E-state index contributed by atoms with van der Waals surface area (Å²) >= 11 is 12.4. The fourth-order valence-corrected chi connectivity index (χ4v) is 4.22. The van der Waals surface area contributed by atoms with Crippen LogP contribution in [-0.4, -0.2) is 35.7 Å². The summed E-state index contributed by atoms with van der Waals surface area (Å²) in [6.07, 6.45) is 1.98. The van der Waals surface area contributed by atoms with Crippen LogP contribution in [0.15, 0.2) is 53.2 Å². The van der Waals surface area contributed by atoms with Gasteiger partial charge in [0.1, 0.15) is 10.7 Å². The summed E-state index contributed by atoms with van der Waals surface area (Å²) in [6, 6.07) is 11.8. The van der Waals surface area contributed by atoms with Crippen LogP contribution >= 0.6 is 23.2 Å². The van der Waals surface area contributed by atoms with Crippen molar-refractivity contribution >= 4 is 52.3 Å². The zero-order valence-corrected chi connectivity index (χ0v) is 19.3. The molecule has 0 radical (unpaired) electrons. The number of hydrogen-bond acceptors (Lipinski definition) is 4. The minimum atomic E-state index is -0.631. The molecule has 1 fully saturated rings. The highest BCUT2D eigenvalue weighted by molar-refractivity contribution is 6.53. The maximum absolute atomic E-state index is 13.0. The molecule has 2 aromatic carbocycles. The highest BCUT2D eigenvalue weighted by atomic mass is 35.5. The average molecular weight is 472 g/mol. The Morgan fingerprint density at radius 2 is 1.75 bits per heavy atom. The maximum Gasteiger partial charge on any atom is 0.283 e. The van der Waals surface area contributed by atoms with Gasteiger partial charge in [-0.3, -0.25) is 14.4 Å². The normalized spacial score (nSPS) is 17.4. The third kappa shape index (κ3) is 4.25. The molecule has 6 nitrogen and oxygen atoms in total. The van der Waals surface area contributed by atoms with Gasteiger partial charge >= 0.3 is 0 Å². The number of likely N-dealkylation sites (tertiary alicyclic amines) is 1. The van der Waals surface area contributed by atoms with Crippen molar-refractivity contribution in [1.82, 2.24) is 4.90 Å². The second kappa shape index (κ2) is 8.96. The molecule has 0 bridgehead atoms. The van der Waals surface area contributed by atoms with E-state index in [2.05, 4.69) is 12.2 Å². The predicted molar refractivity (Wildman–Crippen MR) is 126 cm³/mol. The Labute approximate surface area is 196 Å². The predicted octanol–water partition coefficient (Wildman–Crippen LogP) is 4.96. The Hall–Kier alpha value is -2.83. The number of rotatable bonds is 4. The third-order valence-corrected chi connectivity index (χ3v) is 6.65. The van der Waals surface area contributed by atoms with Crippen LogP contribution in [0.25, 0.3) is 0 Å². The van der Waals surface area contributed by atoms with Crippen LogP contribution in [0.1, 0.15) is 35.7 Å². The molecule has 0 spiro atoms. The van der Waals surface area contributed by atoms with E-state index in [1.165, 1.54) is 0 Å². The van der Waals surface area contributed by atoms with Gasteiger partial charge in [-0.2, -0.15) is 0 Å². The first-order valence-electron chi connectivity index (χ1n) is 10.5. The summed E-state index contributed by atoms with van der Waals surface area (Å²) < 4.78 is 0. The van der Waals surface area contributed by atoms with Crippen molar-refractivity contribution in [3.8, 4) is 0 Å². The van der Waals surface area contributed by atoms with Gasteiger partial charge in [-0.1, -0.05) is 42.3 Å². The molecule has 8 heteroatoms. The third-order valence-electron chi connectivity index (χ3n) is 5.89. The minimum absolute atomic E-state index is 0.0373. The van der Waals surface area contributed by atoms with E-state index in [0.717, 1.165) is 36.4 Å². The van der Waals surface area contributed by atoms with E-state index in [9.17, 15) is 14.4 Å². The first-order valence-corrected chi connectivity index (χ1v) is 11.2. The van der Waals surface area contributed by atoms with E-state index < -0.39 is 11.8 Å². The second-order valence-electron chi connectivity index (χ2n) is 8.25. The maximum atomic E-state index is 13.0. The second-order valence-corrected chi connectivity index (χ2v) is 9.03. The molecule has 2 aliphatic rings. The van der Waals surface area contributed by atoms with Crippen molar-refractivity contribution in [2.24, 2.45) is 5.92 Å². The largest absolute Gasteiger partial charge is 0.350 e. The highest BCUT2D eigenvalue weighted by Gasteiger charge is 2.39. The van der Waals surface area contributed by atoms with E-state index in [-0.39, 0.29) is 16.6 Å². The van der Waals surface area contributed by atoms with Gasteiger partial charge in [-0.15, -0.1) is 0 Å². The zero-order chi connectivity index (χ0) is 23.0. The number of piperidine rings is 1. The Morgan fingerprint density at radius 3 is 2.44 bits per heavy atom. The molecule has 2 heterocycles. The van der Waals surface area contributed by atoms with E-state index in [1.54, 1.807) is 42.5 Å². The number of carbonyl (C=O) groups is 3. The lowest BCUT2D eigenvalue weighted by Crippen LogP contribution is -2.37. The summed E-state index contributed by atoms with van der Waals surface area (Å²) in [7, 11) is 0. The first kappa shape index (κ1) is 22.4. The Kier molecular flexibility index (Phi) is 6.26. The molecule has 2 aromatic rings. The summed E-state index contributed by atoms with van der Waals surface area (Å²) in [4.78, 5) is 41.4. The monoisotopic (exact) mass is 471 g/mol. The van der Waals surface area contributed by atoms with Gasteiger partial charge in [0.05, 0.1) is 5.69 Å². The summed E-state index contributed by atoms with van der Waals surface area (Å²) in [5.41, 5.74) is 2.15. The number of halogens is 2. The molecule has 0 atom stereocenters. The van der Waals surface area contributed by atoms with E-state index in [0.29, 0.717) is 27.9 Å². The molecule has 0 aliphatic carbocycles. The standard InChI is InChI=1S/C24H23Cl2N3O3/c1-14-8-10-28(11-9-14)22(30)16-4-3-5-17(12-16)27-21-20(26)23(31)29(24(21)32)18-7-6-15(2)19(25)13-18/h3-7,12-14,27H,8-11H2,1-2H3. The van der Waals surface area contributed by atoms with Crippen molar-refractivity contribution in [2.75, 3.05) is 23.3 Å². The van der Waals surface area contributed by atoms with Crippen molar-refractivity contribution in [1.29, 1.82) is 0 Å². The van der Waals surface area contributed by atoms with E-state index >= 15 is 0 Å². The van der Waals surface area contributed by atoms with Crippen LogP contribution in [0.5, 0.6) is 0 Å². The molecule has 0 saturated carbocycles. The number of hydrogen-bond donors (Lipinski definition) is 1. The Morgan fingerprint density at radius 1 is 1.03 bits per heavy atom. The lowest BCUT2D eigenvalue weighted by atomic mass is 9.98.